The Balaban J connectivity index is 2.15. The first-order chi connectivity index (χ1) is 9.77. The van der Waals surface area contributed by atoms with Crippen LogP contribution in [0.25, 0.3) is 6.08 Å². The third-order valence-electron chi connectivity index (χ3n) is 3.84. The van der Waals surface area contributed by atoms with E-state index in [1.807, 2.05) is 6.08 Å². The molecule has 0 bridgehead atoms. The molecule has 21 heavy (non-hydrogen) atoms. The highest BCUT2D eigenvalue weighted by molar-refractivity contribution is 9.10. The zero-order valence-electron chi connectivity index (χ0n) is 12.2. The lowest BCUT2D eigenvalue weighted by Gasteiger charge is -2.31. The summed E-state index contributed by atoms with van der Waals surface area (Å²) in [5.74, 6) is 0. The molecule has 0 aliphatic carbocycles. The van der Waals surface area contributed by atoms with Crippen molar-refractivity contribution in [2.45, 2.75) is 38.9 Å². The Morgan fingerprint density at radius 3 is 2.33 bits per heavy atom. The zero-order valence-corrected chi connectivity index (χ0v) is 13.8. The molecule has 1 aliphatic rings. The van der Waals surface area contributed by atoms with E-state index >= 15 is 0 Å². The summed E-state index contributed by atoms with van der Waals surface area (Å²) in [6.07, 6.45) is -0.571. The summed E-state index contributed by atoms with van der Waals surface area (Å²) in [5, 5.41) is 0. The van der Waals surface area contributed by atoms with E-state index in [4.69, 9.17) is 0 Å². The molecule has 1 fully saturated rings. The molecule has 1 saturated heterocycles. The summed E-state index contributed by atoms with van der Waals surface area (Å²) in [7, 11) is 0. The molecule has 1 aliphatic heterocycles. The largest absolute Gasteiger partial charge is 0.417 e. The summed E-state index contributed by atoms with van der Waals surface area (Å²) in [6, 6.07) is 4.93. The van der Waals surface area contributed by atoms with Crippen LogP contribution in [-0.4, -0.2) is 24.0 Å². The van der Waals surface area contributed by atoms with Gasteiger partial charge in [-0.15, -0.1) is 0 Å². The van der Waals surface area contributed by atoms with Gasteiger partial charge in [0.25, 0.3) is 0 Å². The standard InChI is InChI=1S/C16H19BrF3N/c1-11(2)21-7-5-12(6-8-21)9-13-3-4-15(17)14(10-13)16(18,19)20/h3-4,9-11H,5-8H2,1-2H3. The highest BCUT2D eigenvalue weighted by Gasteiger charge is 2.33. The molecule has 0 aromatic heterocycles. The Labute approximate surface area is 132 Å². The van der Waals surface area contributed by atoms with E-state index in [1.165, 1.54) is 17.7 Å². The second-order valence-electron chi connectivity index (χ2n) is 5.67. The van der Waals surface area contributed by atoms with E-state index in [-0.39, 0.29) is 4.47 Å². The van der Waals surface area contributed by atoms with Crippen molar-refractivity contribution in [1.29, 1.82) is 0 Å². The van der Waals surface area contributed by atoms with Crippen LogP contribution in [0.1, 0.15) is 37.8 Å². The minimum atomic E-state index is -4.33. The summed E-state index contributed by atoms with van der Waals surface area (Å²) in [6.45, 7) is 6.29. The lowest BCUT2D eigenvalue weighted by molar-refractivity contribution is -0.138. The van der Waals surface area contributed by atoms with Crippen molar-refractivity contribution in [1.82, 2.24) is 4.90 Å². The van der Waals surface area contributed by atoms with E-state index < -0.39 is 11.7 Å². The van der Waals surface area contributed by atoms with Crippen molar-refractivity contribution in [3.63, 3.8) is 0 Å². The van der Waals surface area contributed by atoms with Gasteiger partial charge < -0.3 is 4.90 Å². The third-order valence-corrected chi connectivity index (χ3v) is 4.53. The number of hydrogen-bond acceptors (Lipinski definition) is 1. The highest BCUT2D eigenvalue weighted by atomic mass is 79.9. The van der Waals surface area contributed by atoms with Crippen LogP contribution in [0.3, 0.4) is 0 Å². The van der Waals surface area contributed by atoms with Gasteiger partial charge in [-0.3, -0.25) is 0 Å². The van der Waals surface area contributed by atoms with Gasteiger partial charge in [-0.1, -0.05) is 33.6 Å². The molecule has 0 spiro atoms. The summed E-state index contributed by atoms with van der Waals surface area (Å²) in [5.41, 5.74) is 1.23. The SMILES string of the molecule is CC(C)N1CCC(=Cc2ccc(Br)c(C(F)(F)F)c2)CC1. The molecule has 1 nitrogen and oxygen atoms in total. The summed E-state index contributed by atoms with van der Waals surface area (Å²) in [4.78, 5) is 2.39. The van der Waals surface area contributed by atoms with Gasteiger partial charge in [0.1, 0.15) is 0 Å². The Bertz CT molecular complexity index is 525. The van der Waals surface area contributed by atoms with E-state index in [0.717, 1.165) is 25.9 Å². The minimum absolute atomic E-state index is 0.0896. The van der Waals surface area contributed by atoms with Gasteiger partial charge in [0.05, 0.1) is 5.56 Å². The molecule has 5 heteroatoms. The molecule has 2 rings (SSSR count). The van der Waals surface area contributed by atoms with Crippen LogP contribution in [-0.2, 0) is 6.18 Å². The Hall–Kier alpha value is -0.810. The maximum atomic E-state index is 12.9. The fraction of sp³-hybridized carbons (Fsp3) is 0.500. The fourth-order valence-corrected chi connectivity index (χ4v) is 3.03. The van der Waals surface area contributed by atoms with Crippen molar-refractivity contribution in [2.75, 3.05) is 13.1 Å². The number of hydrogen-bond donors (Lipinski definition) is 0. The number of likely N-dealkylation sites (tertiary alicyclic amines) is 1. The molecule has 0 unspecified atom stereocenters. The van der Waals surface area contributed by atoms with Gasteiger partial charge in [-0.25, -0.2) is 0 Å². The quantitative estimate of drug-likeness (QED) is 0.685. The first-order valence-electron chi connectivity index (χ1n) is 7.07. The molecule has 0 radical (unpaired) electrons. The van der Waals surface area contributed by atoms with E-state index in [9.17, 15) is 13.2 Å². The topological polar surface area (TPSA) is 3.24 Å². The lowest BCUT2D eigenvalue weighted by atomic mass is 9.99. The number of halogens is 4. The van der Waals surface area contributed by atoms with Crippen LogP contribution in [0, 0.1) is 0 Å². The summed E-state index contributed by atoms with van der Waals surface area (Å²) >= 11 is 2.97. The summed E-state index contributed by atoms with van der Waals surface area (Å²) < 4.78 is 38.8. The number of rotatable bonds is 2. The lowest BCUT2D eigenvalue weighted by Crippen LogP contribution is -2.36. The molecule has 0 saturated carbocycles. The van der Waals surface area contributed by atoms with E-state index in [2.05, 4.69) is 34.7 Å². The van der Waals surface area contributed by atoms with Gasteiger partial charge in [0.2, 0.25) is 0 Å². The molecule has 116 valence electrons. The van der Waals surface area contributed by atoms with Gasteiger partial charge >= 0.3 is 6.18 Å². The first-order valence-corrected chi connectivity index (χ1v) is 7.87. The molecule has 0 N–H and O–H groups in total. The molecule has 1 aromatic rings. The van der Waals surface area contributed by atoms with Gasteiger partial charge in [-0.2, -0.15) is 13.2 Å². The number of alkyl halides is 3. The van der Waals surface area contributed by atoms with E-state index in [0.29, 0.717) is 11.6 Å². The van der Waals surface area contributed by atoms with Crippen molar-refractivity contribution in [3.8, 4) is 0 Å². The molecule has 0 atom stereocenters. The van der Waals surface area contributed by atoms with Crippen molar-refractivity contribution >= 4 is 22.0 Å². The maximum Gasteiger partial charge on any atom is 0.417 e. The van der Waals surface area contributed by atoms with Crippen molar-refractivity contribution in [3.05, 3.63) is 39.4 Å². The Kier molecular flexibility index (Phi) is 5.15. The molecular weight excluding hydrogens is 343 g/mol. The number of piperidine rings is 1. The second-order valence-corrected chi connectivity index (χ2v) is 6.52. The Morgan fingerprint density at radius 1 is 1.19 bits per heavy atom. The van der Waals surface area contributed by atoms with Crippen LogP contribution in [0.15, 0.2) is 28.2 Å². The van der Waals surface area contributed by atoms with Crippen LogP contribution < -0.4 is 0 Å². The molecule has 0 amide bonds. The van der Waals surface area contributed by atoms with Crippen LogP contribution >= 0.6 is 15.9 Å². The number of nitrogens with zero attached hydrogens (tertiary/aromatic N) is 1. The molecule has 1 aromatic carbocycles. The van der Waals surface area contributed by atoms with Gasteiger partial charge in [0.15, 0.2) is 0 Å². The van der Waals surface area contributed by atoms with Crippen molar-refractivity contribution < 1.29 is 13.2 Å². The monoisotopic (exact) mass is 361 g/mol. The smallest absolute Gasteiger partial charge is 0.300 e. The Morgan fingerprint density at radius 2 is 1.81 bits per heavy atom. The molecule has 1 heterocycles. The third kappa shape index (κ3) is 4.33. The van der Waals surface area contributed by atoms with Crippen LogP contribution in [0.4, 0.5) is 13.2 Å². The normalized spacial score (nSPS) is 17.4. The maximum absolute atomic E-state index is 12.9. The predicted molar refractivity (Wildman–Crippen MR) is 83.1 cm³/mol. The first kappa shape index (κ1) is 16.6. The molecular formula is C16H19BrF3N. The predicted octanol–water partition coefficient (Wildman–Crippen LogP) is 5.36. The highest BCUT2D eigenvalue weighted by Crippen LogP contribution is 2.36. The number of benzene rings is 1. The second kappa shape index (κ2) is 6.53. The van der Waals surface area contributed by atoms with Gasteiger partial charge in [-0.05, 0) is 44.4 Å². The zero-order chi connectivity index (χ0) is 15.6. The minimum Gasteiger partial charge on any atom is -0.300 e. The van der Waals surface area contributed by atoms with Crippen molar-refractivity contribution in [2.24, 2.45) is 0 Å². The average molecular weight is 362 g/mol. The fourth-order valence-electron chi connectivity index (χ4n) is 2.56. The van der Waals surface area contributed by atoms with Crippen LogP contribution in [0.2, 0.25) is 0 Å². The van der Waals surface area contributed by atoms with E-state index in [1.54, 1.807) is 6.07 Å². The van der Waals surface area contributed by atoms with Gasteiger partial charge in [0, 0.05) is 23.6 Å². The average Bonchev–Trinajstić information content (AvgIpc) is 2.40. The van der Waals surface area contributed by atoms with Crippen LogP contribution in [0.5, 0.6) is 0 Å².